The molecule has 5 fully saturated rings. The number of fused-ring (bicyclic) bond motifs is 1. The number of aromatic nitrogens is 2. The number of ether oxygens (including phenoxy) is 1. The molecule has 0 bridgehead atoms. The summed E-state index contributed by atoms with van der Waals surface area (Å²) < 4.78 is 50.6. The summed E-state index contributed by atoms with van der Waals surface area (Å²) in [6.07, 6.45) is -1.40. The predicted molar refractivity (Wildman–Crippen MR) is 105 cm³/mol. The number of hydrogen-bond donors (Lipinski definition) is 1. The second-order valence-corrected chi connectivity index (χ2v) is 10.5. The Hall–Kier alpha value is -2.37. The first kappa shape index (κ1) is 21.2. The molecule has 0 radical (unpaired) electrons. The van der Waals surface area contributed by atoms with E-state index in [-0.39, 0.29) is 66.6 Å². The van der Waals surface area contributed by atoms with Crippen molar-refractivity contribution in [3.63, 3.8) is 0 Å². The monoisotopic (exact) mass is 469 g/mol. The minimum atomic E-state index is -4.36. The lowest BCUT2D eigenvalue weighted by atomic mass is 9.57. The van der Waals surface area contributed by atoms with Crippen LogP contribution in [0.25, 0.3) is 0 Å². The van der Waals surface area contributed by atoms with Crippen molar-refractivity contribution in [2.45, 2.75) is 62.3 Å². The first-order chi connectivity index (χ1) is 15.7. The fourth-order valence-corrected chi connectivity index (χ4v) is 6.06. The van der Waals surface area contributed by atoms with Crippen LogP contribution in [0.15, 0.2) is 4.42 Å². The van der Waals surface area contributed by atoms with E-state index in [0.717, 1.165) is 12.8 Å². The summed E-state index contributed by atoms with van der Waals surface area (Å²) in [6, 6.07) is -0.163. The molecule has 180 valence electrons. The molecule has 3 saturated heterocycles. The Kier molecular flexibility index (Phi) is 4.54. The zero-order valence-corrected chi connectivity index (χ0v) is 18.1. The number of piperidine rings is 1. The topological polar surface area (TPSA) is 101 Å². The minimum Gasteiger partial charge on any atom is -0.424 e. The molecule has 3 amide bonds. The number of carbonyl (C=O) groups is 2. The third-order valence-corrected chi connectivity index (χ3v) is 7.99. The van der Waals surface area contributed by atoms with Crippen molar-refractivity contribution in [1.82, 2.24) is 25.3 Å². The highest BCUT2D eigenvalue weighted by molar-refractivity contribution is 5.79. The number of likely N-dealkylation sites (tertiary alicyclic amines) is 2. The van der Waals surface area contributed by atoms with Crippen LogP contribution in [0.2, 0.25) is 0 Å². The molecule has 0 unspecified atom stereocenters. The molecular formula is C21H26F3N5O4. The first-order valence-corrected chi connectivity index (χ1v) is 11.5. The Morgan fingerprint density at radius 1 is 1.18 bits per heavy atom. The van der Waals surface area contributed by atoms with E-state index in [0.29, 0.717) is 39.0 Å². The number of alkyl halides is 3. The number of amides is 3. The Morgan fingerprint density at radius 3 is 2.64 bits per heavy atom. The van der Waals surface area contributed by atoms with E-state index in [9.17, 15) is 22.8 Å². The Bertz CT molecular complexity index is 963. The van der Waals surface area contributed by atoms with Gasteiger partial charge in [0.25, 0.3) is 0 Å². The van der Waals surface area contributed by atoms with E-state index >= 15 is 0 Å². The first-order valence-electron chi connectivity index (χ1n) is 11.5. The van der Waals surface area contributed by atoms with Crippen LogP contribution in [0.5, 0.6) is 0 Å². The second kappa shape index (κ2) is 7.07. The van der Waals surface area contributed by atoms with Gasteiger partial charge in [-0.1, -0.05) is 0 Å². The van der Waals surface area contributed by atoms with Gasteiger partial charge in [-0.25, -0.2) is 4.79 Å². The van der Waals surface area contributed by atoms with Crippen molar-refractivity contribution in [2.75, 3.05) is 32.8 Å². The van der Waals surface area contributed by atoms with Crippen LogP contribution in [-0.4, -0.2) is 83.0 Å². The fourth-order valence-electron chi connectivity index (χ4n) is 6.06. The van der Waals surface area contributed by atoms with Crippen LogP contribution in [0.4, 0.5) is 18.0 Å². The van der Waals surface area contributed by atoms with E-state index < -0.39 is 11.6 Å². The quantitative estimate of drug-likeness (QED) is 0.722. The lowest BCUT2D eigenvalue weighted by molar-refractivity contribution is -0.165. The van der Waals surface area contributed by atoms with E-state index in [2.05, 4.69) is 15.5 Å². The van der Waals surface area contributed by atoms with Gasteiger partial charge in [-0.3, -0.25) is 4.79 Å². The third kappa shape index (κ3) is 3.48. The molecule has 0 aromatic carbocycles. The van der Waals surface area contributed by atoms with Gasteiger partial charge in [0.05, 0.1) is 12.1 Å². The zero-order valence-electron chi connectivity index (χ0n) is 18.1. The molecule has 4 heterocycles. The summed E-state index contributed by atoms with van der Waals surface area (Å²) in [4.78, 5) is 28.1. The van der Waals surface area contributed by atoms with Gasteiger partial charge in [-0.05, 0) is 38.0 Å². The summed E-state index contributed by atoms with van der Waals surface area (Å²) in [5.74, 6) is 0.102. The maximum atomic E-state index is 13.2. The smallest absolute Gasteiger partial charge is 0.403 e. The molecule has 9 nitrogen and oxygen atoms in total. The van der Waals surface area contributed by atoms with Crippen molar-refractivity contribution >= 4 is 11.9 Å². The van der Waals surface area contributed by atoms with Gasteiger partial charge >= 0.3 is 12.2 Å². The van der Waals surface area contributed by atoms with E-state index in [4.69, 9.17) is 9.15 Å². The number of rotatable bonds is 3. The summed E-state index contributed by atoms with van der Waals surface area (Å²) in [5, 5.41) is 10.5. The fraction of sp³-hybridized carbons (Fsp3) is 0.810. The molecule has 1 aromatic heterocycles. The van der Waals surface area contributed by atoms with E-state index in [1.54, 1.807) is 4.90 Å². The highest BCUT2D eigenvalue weighted by Crippen LogP contribution is 2.58. The maximum absolute atomic E-state index is 13.2. The van der Waals surface area contributed by atoms with Crippen molar-refractivity contribution in [3.8, 4) is 0 Å². The molecule has 1 aromatic rings. The SMILES string of the molecule is O=C1CO[C@H]2CCN(C(=O)N3CC4(CC(Cc5nnc(C6(C(F)(F)F)CC6)o5)C4)C3)C[C@H]2N1. The maximum Gasteiger partial charge on any atom is 0.403 e. The average Bonchev–Trinajstić information content (AvgIpc) is 3.41. The Morgan fingerprint density at radius 2 is 1.94 bits per heavy atom. The molecule has 12 heteroatoms. The molecule has 2 aliphatic carbocycles. The zero-order chi connectivity index (χ0) is 23.0. The molecule has 33 heavy (non-hydrogen) atoms. The van der Waals surface area contributed by atoms with Crippen molar-refractivity contribution in [1.29, 1.82) is 0 Å². The molecule has 3 aliphatic heterocycles. The van der Waals surface area contributed by atoms with Crippen LogP contribution in [0.1, 0.15) is 43.9 Å². The van der Waals surface area contributed by atoms with Gasteiger partial charge < -0.3 is 24.3 Å². The summed E-state index contributed by atoms with van der Waals surface area (Å²) in [5.41, 5.74) is -1.84. The highest BCUT2D eigenvalue weighted by atomic mass is 19.4. The number of morpholine rings is 1. The largest absolute Gasteiger partial charge is 0.424 e. The Balaban J connectivity index is 0.979. The molecule has 1 N–H and O–H groups in total. The predicted octanol–water partition coefficient (Wildman–Crippen LogP) is 1.63. The van der Waals surface area contributed by atoms with Gasteiger partial charge in [0.1, 0.15) is 12.0 Å². The van der Waals surface area contributed by atoms with Gasteiger partial charge in [-0.15, -0.1) is 10.2 Å². The lowest BCUT2D eigenvalue weighted by Crippen LogP contribution is -2.68. The third-order valence-electron chi connectivity index (χ3n) is 7.99. The van der Waals surface area contributed by atoms with Crippen molar-refractivity contribution < 1.29 is 31.9 Å². The molecule has 6 rings (SSSR count). The van der Waals surface area contributed by atoms with Gasteiger partial charge in [0.15, 0.2) is 0 Å². The molecule has 1 spiro atoms. The van der Waals surface area contributed by atoms with Crippen LogP contribution < -0.4 is 5.32 Å². The number of nitrogens with zero attached hydrogens (tertiary/aromatic N) is 4. The van der Waals surface area contributed by atoms with Gasteiger partial charge in [0, 0.05) is 38.0 Å². The summed E-state index contributed by atoms with van der Waals surface area (Å²) in [6.45, 7) is 2.52. The molecule has 2 saturated carbocycles. The second-order valence-electron chi connectivity index (χ2n) is 10.5. The number of nitrogens with one attached hydrogen (secondary N) is 1. The van der Waals surface area contributed by atoms with Gasteiger partial charge in [0.2, 0.25) is 17.7 Å². The average molecular weight is 469 g/mol. The highest BCUT2D eigenvalue weighted by Gasteiger charge is 2.68. The van der Waals surface area contributed by atoms with Crippen LogP contribution >= 0.6 is 0 Å². The molecule has 5 aliphatic rings. The minimum absolute atomic E-state index is 0.00630. The van der Waals surface area contributed by atoms with Crippen molar-refractivity contribution in [3.05, 3.63) is 11.8 Å². The summed E-state index contributed by atoms with van der Waals surface area (Å²) >= 11 is 0. The molecular weight excluding hydrogens is 443 g/mol. The van der Waals surface area contributed by atoms with Crippen LogP contribution in [-0.2, 0) is 21.4 Å². The Labute approximate surface area is 188 Å². The summed E-state index contributed by atoms with van der Waals surface area (Å²) in [7, 11) is 0. The molecule has 2 atom stereocenters. The van der Waals surface area contributed by atoms with Gasteiger partial charge in [-0.2, -0.15) is 13.2 Å². The number of carbonyl (C=O) groups excluding carboxylic acids is 2. The number of halogens is 3. The normalized spacial score (nSPS) is 30.3. The van der Waals surface area contributed by atoms with Crippen LogP contribution in [0.3, 0.4) is 0 Å². The van der Waals surface area contributed by atoms with E-state index in [1.807, 2.05) is 4.90 Å². The lowest BCUT2D eigenvalue weighted by Gasteiger charge is -2.59. The van der Waals surface area contributed by atoms with E-state index in [1.165, 1.54) is 0 Å². The standard InChI is InChI=1S/C21H26F3N5O4/c22-21(23,24)20(2-3-20)17-27-26-16(33-17)5-12-6-19(7-12)10-29(11-19)18(31)28-4-1-14-13(8-28)25-15(30)9-32-14/h12-14H,1-11H2,(H,25,30)/t13-,14+/m1/s1. The van der Waals surface area contributed by atoms with Crippen LogP contribution in [0, 0.1) is 11.3 Å². The number of urea groups is 1. The number of hydrogen-bond acceptors (Lipinski definition) is 6. The van der Waals surface area contributed by atoms with Crippen molar-refractivity contribution in [2.24, 2.45) is 11.3 Å².